The summed E-state index contributed by atoms with van der Waals surface area (Å²) in [6.07, 6.45) is 2.07. The molecule has 0 saturated heterocycles. The van der Waals surface area contributed by atoms with E-state index in [1.807, 2.05) is 11.8 Å². The lowest BCUT2D eigenvalue weighted by molar-refractivity contribution is 0.576. The smallest absolute Gasteiger partial charge is 0.0628 e. The Morgan fingerprint density at radius 3 is 2.90 bits per heavy atom. The van der Waals surface area contributed by atoms with Crippen molar-refractivity contribution in [2.75, 3.05) is 6.54 Å². The average molecular weight is 287 g/mol. The van der Waals surface area contributed by atoms with E-state index in [-0.39, 0.29) is 0 Å². The van der Waals surface area contributed by atoms with Crippen LogP contribution >= 0.6 is 11.8 Å². The minimum atomic E-state index is 0.594. The fourth-order valence-electron chi connectivity index (χ4n) is 2.97. The van der Waals surface area contributed by atoms with Gasteiger partial charge >= 0.3 is 0 Å². The van der Waals surface area contributed by atoms with E-state index in [4.69, 9.17) is 10.8 Å². The van der Waals surface area contributed by atoms with Gasteiger partial charge in [-0.05, 0) is 50.4 Å². The van der Waals surface area contributed by atoms with Gasteiger partial charge < -0.3 is 5.73 Å². The summed E-state index contributed by atoms with van der Waals surface area (Å²) in [5.41, 5.74) is 10.9. The molecule has 0 fully saturated rings. The summed E-state index contributed by atoms with van der Waals surface area (Å²) < 4.78 is 2.17. The second-order valence-electron chi connectivity index (χ2n) is 5.42. The molecule has 1 aromatic heterocycles. The fraction of sp³-hybridized carbons (Fsp3) is 0.438. The van der Waals surface area contributed by atoms with Gasteiger partial charge in [0.1, 0.15) is 0 Å². The molecule has 1 aliphatic rings. The third-order valence-corrected chi connectivity index (χ3v) is 5.32. The maximum Gasteiger partial charge on any atom is 0.0628 e. The van der Waals surface area contributed by atoms with E-state index in [0.29, 0.717) is 11.8 Å². The molecule has 4 heteroatoms. The van der Waals surface area contributed by atoms with E-state index in [0.717, 1.165) is 25.1 Å². The summed E-state index contributed by atoms with van der Waals surface area (Å²) in [6.45, 7) is 5.93. The zero-order chi connectivity index (χ0) is 14.1. The van der Waals surface area contributed by atoms with Crippen molar-refractivity contribution in [3.05, 3.63) is 46.8 Å². The number of hydrogen-bond donors (Lipinski definition) is 1. The van der Waals surface area contributed by atoms with Crippen LogP contribution in [0.3, 0.4) is 0 Å². The molecule has 1 unspecified atom stereocenters. The highest BCUT2D eigenvalue weighted by atomic mass is 32.2. The molecule has 0 amide bonds. The molecule has 0 aliphatic carbocycles. The maximum atomic E-state index is 5.69. The lowest BCUT2D eigenvalue weighted by Crippen LogP contribution is -2.15. The normalized spacial score (nSPS) is 17.4. The van der Waals surface area contributed by atoms with Crippen LogP contribution in [0.25, 0.3) is 0 Å². The lowest BCUT2D eigenvalue weighted by atomic mass is 10.1. The van der Waals surface area contributed by atoms with Crippen molar-refractivity contribution >= 4 is 11.8 Å². The van der Waals surface area contributed by atoms with Crippen LogP contribution in [0.2, 0.25) is 0 Å². The Bertz CT molecular complexity index is 593. The highest BCUT2D eigenvalue weighted by Gasteiger charge is 2.23. The van der Waals surface area contributed by atoms with E-state index in [9.17, 15) is 0 Å². The number of fused-ring (bicyclic) bond motifs is 1. The van der Waals surface area contributed by atoms with Crippen LogP contribution < -0.4 is 5.73 Å². The Morgan fingerprint density at radius 1 is 1.35 bits per heavy atom. The maximum absolute atomic E-state index is 5.69. The van der Waals surface area contributed by atoms with E-state index >= 15 is 0 Å². The molecule has 2 aromatic rings. The summed E-state index contributed by atoms with van der Waals surface area (Å²) in [5, 5.41) is 5.30. The predicted molar refractivity (Wildman–Crippen MR) is 84.3 cm³/mol. The van der Waals surface area contributed by atoms with Crippen LogP contribution in [0.4, 0.5) is 0 Å². The lowest BCUT2D eigenvalue weighted by Gasteiger charge is -2.10. The van der Waals surface area contributed by atoms with Crippen molar-refractivity contribution in [2.45, 2.75) is 43.4 Å². The Balaban J connectivity index is 1.76. The molecule has 106 valence electrons. The summed E-state index contributed by atoms with van der Waals surface area (Å²) in [6, 6.07) is 8.71. The molecule has 2 heterocycles. The molecule has 0 radical (unpaired) electrons. The molecule has 20 heavy (non-hydrogen) atoms. The summed E-state index contributed by atoms with van der Waals surface area (Å²) in [7, 11) is 0. The number of benzene rings is 1. The molecule has 1 aromatic carbocycles. The minimum Gasteiger partial charge on any atom is -0.330 e. The quantitative estimate of drug-likeness (QED) is 0.940. The molecule has 0 bridgehead atoms. The first-order valence-electron chi connectivity index (χ1n) is 7.16. The van der Waals surface area contributed by atoms with Crippen molar-refractivity contribution in [3.63, 3.8) is 0 Å². The molecule has 0 spiro atoms. The first kappa shape index (κ1) is 13.7. The van der Waals surface area contributed by atoms with Crippen molar-refractivity contribution in [3.8, 4) is 0 Å². The van der Waals surface area contributed by atoms with Gasteiger partial charge in [0, 0.05) is 15.8 Å². The highest BCUT2D eigenvalue weighted by molar-refractivity contribution is 8.00. The van der Waals surface area contributed by atoms with Gasteiger partial charge in [-0.3, -0.25) is 4.68 Å². The number of rotatable bonds is 4. The fourth-order valence-corrected chi connectivity index (χ4v) is 4.26. The average Bonchev–Trinajstić information content (AvgIpc) is 2.95. The van der Waals surface area contributed by atoms with Gasteiger partial charge in [-0.1, -0.05) is 18.2 Å². The molecule has 2 N–H and O–H groups in total. The Morgan fingerprint density at radius 2 is 2.15 bits per heavy atom. The van der Waals surface area contributed by atoms with Crippen LogP contribution in [0, 0.1) is 13.8 Å². The number of aromatic nitrogens is 2. The van der Waals surface area contributed by atoms with Crippen LogP contribution in [0.1, 0.15) is 22.5 Å². The molecule has 1 atom stereocenters. The first-order valence-corrected chi connectivity index (χ1v) is 8.04. The zero-order valence-corrected chi connectivity index (χ0v) is 12.9. The van der Waals surface area contributed by atoms with Crippen molar-refractivity contribution in [1.29, 1.82) is 0 Å². The molecule has 1 aliphatic heterocycles. The number of thioether (sulfide) groups is 1. The minimum absolute atomic E-state index is 0.594. The topological polar surface area (TPSA) is 43.8 Å². The van der Waals surface area contributed by atoms with Crippen LogP contribution in [0.5, 0.6) is 0 Å². The Hall–Kier alpha value is -1.26. The molecular weight excluding hydrogens is 266 g/mol. The Kier molecular flexibility index (Phi) is 3.85. The van der Waals surface area contributed by atoms with E-state index in [1.54, 1.807) is 0 Å². The largest absolute Gasteiger partial charge is 0.330 e. The van der Waals surface area contributed by atoms with E-state index in [2.05, 4.69) is 42.8 Å². The molecular formula is C16H21N3S. The van der Waals surface area contributed by atoms with Gasteiger partial charge in [0.2, 0.25) is 0 Å². The van der Waals surface area contributed by atoms with Crippen molar-refractivity contribution in [1.82, 2.24) is 9.78 Å². The molecule has 3 rings (SSSR count). The first-order chi connectivity index (χ1) is 9.69. The van der Waals surface area contributed by atoms with Crippen LogP contribution in [-0.2, 0) is 19.4 Å². The van der Waals surface area contributed by atoms with Gasteiger partial charge in [-0.15, -0.1) is 11.8 Å². The van der Waals surface area contributed by atoms with E-state index < -0.39 is 0 Å². The van der Waals surface area contributed by atoms with Gasteiger partial charge in [0.25, 0.3) is 0 Å². The SMILES string of the molecule is Cc1nn(CC2Cc3ccccc3S2)c(C)c1CCN. The van der Waals surface area contributed by atoms with Crippen LogP contribution in [0.15, 0.2) is 29.2 Å². The van der Waals surface area contributed by atoms with Gasteiger partial charge in [-0.2, -0.15) is 5.10 Å². The second kappa shape index (κ2) is 5.62. The number of nitrogens with zero attached hydrogens (tertiary/aromatic N) is 2. The monoisotopic (exact) mass is 287 g/mol. The number of hydrogen-bond acceptors (Lipinski definition) is 3. The van der Waals surface area contributed by atoms with Crippen molar-refractivity contribution in [2.24, 2.45) is 5.73 Å². The predicted octanol–water partition coefficient (Wildman–Crippen LogP) is 2.72. The summed E-state index contributed by atoms with van der Waals surface area (Å²) in [5.74, 6) is 0. The molecule has 3 nitrogen and oxygen atoms in total. The van der Waals surface area contributed by atoms with Gasteiger partial charge in [0.15, 0.2) is 0 Å². The molecule has 0 saturated carbocycles. The summed E-state index contributed by atoms with van der Waals surface area (Å²) >= 11 is 1.98. The zero-order valence-electron chi connectivity index (χ0n) is 12.1. The standard InChI is InChI=1S/C16H21N3S/c1-11-15(7-8-17)12(2)19(18-11)10-14-9-13-5-3-4-6-16(13)20-14/h3-6,14H,7-10,17H2,1-2H3. The Labute approximate surface area is 124 Å². The second-order valence-corrected chi connectivity index (χ2v) is 6.76. The van der Waals surface area contributed by atoms with E-state index in [1.165, 1.54) is 21.7 Å². The van der Waals surface area contributed by atoms with Gasteiger partial charge in [0.05, 0.1) is 12.2 Å². The number of nitrogens with two attached hydrogens (primary N) is 1. The summed E-state index contributed by atoms with van der Waals surface area (Å²) in [4.78, 5) is 1.43. The van der Waals surface area contributed by atoms with Crippen LogP contribution in [-0.4, -0.2) is 21.6 Å². The third-order valence-electron chi connectivity index (χ3n) is 4.02. The third kappa shape index (κ3) is 2.50. The number of aryl methyl sites for hydroxylation is 1. The highest BCUT2D eigenvalue weighted by Crippen LogP contribution is 2.37. The van der Waals surface area contributed by atoms with Crippen molar-refractivity contribution < 1.29 is 0 Å². The van der Waals surface area contributed by atoms with Gasteiger partial charge in [-0.25, -0.2) is 0 Å².